The fraction of sp³-hybridized carbons (Fsp3) is 0. The molecule has 0 aliphatic carbocycles. The van der Waals surface area contributed by atoms with Crippen molar-refractivity contribution in [2.75, 3.05) is 0 Å². The highest BCUT2D eigenvalue weighted by Crippen LogP contribution is 2.41. The van der Waals surface area contributed by atoms with E-state index in [-0.39, 0.29) is 0 Å². The van der Waals surface area contributed by atoms with Crippen molar-refractivity contribution in [3.8, 4) is 67.5 Å². The normalized spacial score (nSPS) is 11.5. The van der Waals surface area contributed by atoms with Crippen LogP contribution in [0.2, 0.25) is 0 Å². The van der Waals surface area contributed by atoms with Crippen molar-refractivity contribution in [3.63, 3.8) is 0 Å². The molecule has 0 saturated carbocycles. The molecule has 11 aromatic rings. The summed E-state index contributed by atoms with van der Waals surface area (Å²) in [4.78, 5) is 15.3. The lowest BCUT2D eigenvalue weighted by Gasteiger charge is -2.13. The number of furan rings is 1. The SMILES string of the molecule is c1ccc(-c2nc(-c3ccc(-c4ccc5ccccc5c4)cc3)nc(-c3ccc(-c4ccc5c(c4)oc4cccc(-c6ccccc6)c45)c4ccccc34)n2)cc1. The van der Waals surface area contributed by atoms with Crippen LogP contribution in [0.15, 0.2) is 205 Å². The predicted molar refractivity (Wildman–Crippen MR) is 235 cm³/mol. The predicted octanol–water partition coefficient (Wildman–Crippen LogP) is 14.1. The van der Waals surface area contributed by atoms with Crippen molar-refractivity contribution in [2.45, 2.75) is 0 Å². The molecule has 4 heteroatoms. The van der Waals surface area contributed by atoms with Gasteiger partial charge in [-0.15, -0.1) is 0 Å². The molecule has 57 heavy (non-hydrogen) atoms. The quantitative estimate of drug-likeness (QED) is 0.171. The zero-order valence-electron chi connectivity index (χ0n) is 30.8. The van der Waals surface area contributed by atoms with E-state index in [1.165, 1.54) is 27.5 Å². The first-order valence-corrected chi connectivity index (χ1v) is 19.2. The van der Waals surface area contributed by atoms with E-state index in [0.29, 0.717) is 17.5 Å². The van der Waals surface area contributed by atoms with Gasteiger partial charge in [0.1, 0.15) is 11.2 Å². The first-order valence-electron chi connectivity index (χ1n) is 19.2. The van der Waals surface area contributed by atoms with Gasteiger partial charge in [0.05, 0.1) is 0 Å². The summed E-state index contributed by atoms with van der Waals surface area (Å²) in [5, 5.41) is 6.86. The van der Waals surface area contributed by atoms with Crippen LogP contribution in [0.5, 0.6) is 0 Å². The smallest absolute Gasteiger partial charge is 0.164 e. The summed E-state index contributed by atoms with van der Waals surface area (Å²) in [5.41, 5.74) is 11.4. The molecular formula is C53H33N3O. The standard InChI is InChI=1S/C53H33N3O/c1-3-13-36(14-4-1)43-20-11-21-48-50(43)47-29-28-41(33-49(47)57-48)42-30-31-46(45-19-10-9-18-44(42)45)53-55-51(37-15-5-2-6-16-37)54-52(56-53)38-25-22-35(23-26-38)40-27-24-34-12-7-8-17-39(34)32-40/h1-33H. The van der Waals surface area contributed by atoms with Gasteiger partial charge in [0, 0.05) is 27.5 Å². The van der Waals surface area contributed by atoms with E-state index < -0.39 is 0 Å². The lowest BCUT2D eigenvalue weighted by Crippen LogP contribution is -2.00. The average Bonchev–Trinajstić information content (AvgIpc) is 3.67. The summed E-state index contributed by atoms with van der Waals surface area (Å²) in [7, 11) is 0. The number of hydrogen-bond acceptors (Lipinski definition) is 4. The van der Waals surface area contributed by atoms with E-state index in [0.717, 1.165) is 66.1 Å². The van der Waals surface area contributed by atoms with E-state index >= 15 is 0 Å². The second-order valence-electron chi connectivity index (χ2n) is 14.4. The summed E-state index contributed by atoms with van der Waals surface area (Å²) in [6.07, 6.45) is 0. The Morgan fingerprint density at radius 2 is 0.860 bits per heavy atom. The molecule has 0 amide bonds. The Morgan fingerprint density at radius 1 is 0.281 bits per heavy atom. The Labute approximate surface area is 329 Å². The molecule has 266 valence electrons. The first-order chi connectivity index (χ1) is 28.2. The highest BCUT2D eigenvalue weighted by atomic mass is 16.3. The highest BCUT2D eigenvalue weighted by Gasteiger charge is 2.18. The van der Waals surface area contributed by atoms with Crippen LogP contribution in [0, 0.1) is 0 Å². The van der Waals surface area contributed by atoms with E-state index in [1.54, 1.807) is 0 Å². The molecule has 0 atom stereocenters. The molecular weight excluding hydrogens is 695 g/mol. The van der Waals surface area contributed by atoms with Gasteiger partial charge in [-0.3, -0.25) is 0 Å². The summed E-state index contributed by atoms with van der Waals surface area (Å²) in [6.45, 7) is 0. The Bertz CT molecular complexity index is 3280. The largest absolute Gasteiger partial charge is 0.456 e. The van der Waals surface area contributed by atoms with Gasteiger partial charge in [-0.1, -0.05) is 170 Å². The highest BCUT2D eigenvalue weighted by molar-refractivity contribution is 6.14. The zero-order valence-corrected chi connectivity index (χ0v) is 30.8. The number of rotatable bonds is 6. The van der Waals surface area contributed by atoms with E-state index in [4.69, 9.17) is 19.4 Å². The van der Waals surface area contributed by atoms with Crippen LogP contribution in [0.3, 0.4) is 0 Å². The Hall–Kier alpha value is -7.69. The van der Waals surface area contributed by atoms with Crippen LogP contribution in [-0.4, -0.2) is 15.0 Å². The molecule has 0 N–H and O–H groups in total. The van der Waals surface area contributed by atoms with E-state index in [9.17, 15) is 0 Å². The van der Waals surface area contributed by atoms with Crippen molar-refractivity contribution in [1.82, 2.24) is 15.0 Å². The molecule has 0 unspecified atom stereocenters. The van der Waals surface area contributed by atoms with E-state index in [1.807, 2.05) is 36.4 Å². The summed E-state index contributed by atoms with van der Waals surface area (Å²) >= 11 is 0. The number of aromatic nitrogens is 3. The van der Waals surface area contributed by atoms with Crippen molar-refractivity contribution in [1.29, 1.82) is 0 Å². The van der Waals surface area contributed by atoms with Crippen LogP contribution in [0.1, 0.15) is 0 Å². The van der Waals surface area contributed by atoms with Gasteiger partial charge in [0.15, 0.2) is 17.5 Å². The Balaban J connectivity index is 1.01. The van der Waals surface area contributed by atoms with Crippen LogP contribution in [0.4, 0.5) is 0 Å². The van der Waals surface area contributed by atoms with Gasteiger partial charge >= 0.3 is 0 Å². The molecule has 2 heterocycles. The third-order valence-electron chi connectivity index (χ3n) is 11.0. The minimum Gasteiger partial charge on any atom is -0.456 e. The molecule has 0 spiro atoms. The lowest BCUT2D eigenvalue weighted by molar-refractivity contribution is 0.669. The molecule has 11 rings (SSSR count). The monoisotopic (exact) mass is 727 g/mol. The van der Waals surface area contributed by atoms with Gasteiger partial charge in [-0.05, 0) is 85.3 Å². The molecule has 2 aromatic heterocycles. The number of nitrogens with zero attached hydrogens (tertiary/aromatic N) is 3. The van der Waals surface area contributed by atoms with Gasteiger partial charge in [0.2, 0.25) is 0 Å². The van der Waals surface area contributed by atoms with Crippen LogP contribution >= 0.6 is 0 Å². The third kappa shape index (κ3) is 5.83. The van der Waals surface area contributed by atoms with Crippen molar-refractivity contribution >= 4 is 43.5 Å². The summed E-state index contributed by atoms with van der Waals surface area (Å²) in [5.74, 6) is 1.89. The van der Waals surface area contributed by atoms with Crippen LogP contribution in [-0.2, 0) is 0 Å². The average molecular weight is 728 g/mol. The molecule has 4 nitrogen and oxygen atoms in total. The van der Waals surface area contributed by atoms with Gasteiger partial charge in [0.25, 0.3) is 0 Å². The topological polar surface area (TPSA) is 51.8 Å². The van der Waals surface area contributed by atoms with Crippen molar-refractivity contribution in [2.24, 2.45) is 0 Å². The van der Waals surface area contributed by atoms with Crippen molar-refractivity contribution < 1.29 is 4.42 Å². The molecule has 0 aliphatic rings. The second-order valence-corrected chi connectivity index (χ2v) is 14.4. The van der Waals surface area contributed by atoms with E-state index in [2.05, 4.69) is 164 Å². The Morgan fingerprint density at radius 3 is 1.63 bits per heavy atom. The van der Waals surface area contributed by atoms with Gasteiger partial charge in [-0.2, -0.15) is 0 Å². The molecule has 0 fully saturated rings. The maximum atomic E-state index is 6.51. The van der Waals surface area contributed by atoms with Gasteiger partial charge in [-0.25, -0.2) is 15.0 Å². The summed E-state index contributed by atoms with van der Waals surface area (Å²) < 4.78 is 6.51. The van der Waals surface area contributed by atoms with Crippen LogP contribution < -0.4 is 0 Å². The fourth-order valence-electron chi connectivity index (χ4n) is 8.12. The minimum atomic E-state index is 0.626. The first kappa shape index (κ1) is 32.7. The molecule has 0 aliphatic heterocycles. The summed E-state index contributed by atoms with van der Waals surface area (Å²) in [6, 6.07) is 69.9. The maximum absolute atomic E-state index is 6.51. The maximum Gasteiger partial charge on any atom is 0.164 e. The van der Waals surface area contributed by atoms with Crippen molar-refractivity contribution in [3.05, 3.63) is 200 Å². The number of hydrogen-bond donors (Lipinski definition) is 0. The zero-order chi connectivity index (χ0) is 37.7. The molecule has 9 aromatic carbocycles. The molecule has 0 saturated heterocycles. The second kappa shape index (κ2) is 13.6. The van der Waals surface area contributed by atoms with Crippen LogP contribution in [0.25, 0.3) is 111 Å². The molecule has 0 bridgehead atoms. The van der Waals surface area contributed by atoms with Gasteiger partial charge < -0.3 is 4.42 Å². The lowest BCUT2D eigenvalue weighted by atomic mass is 9.93. The number of benzene rings is 9. The number of fused-ring (bicyclic) bond motifs is 5. The Kier molecular flexibility index (Phi) is 7.78. The fourth-order valence-corrected chi connectivity index (χ4v) is 8.12. The molecule has 0 radical (unpaired) electrons. The third-order valence-corrected chi connectivity index (χ3v) is 11.0. The minimum absolute atomic E-state index is 0.626.